The van der Waals surface area contributed by atoms with Crippen molar-refractivity contribution in [2.45, 2.75) is 32.0 Å². The quantitative estimate of drug-likeness (QED) is 0.932. The summed E-state index contributed by atoms with van der Waals surface area (Å²) in [5.74, 6) is 0. The maximum atomic E-state index is 12.8. The summed E-state index contributed by atoms with van der Waals surface area (Å²) in [4.78, 5) is 7.57. The molecule has 0 amide bonds. The van der Waals surface area contributed by atoms with Crippen molar-refractivity contribution in [1.29, 1.82) is 0 Å². The molecule has 0 aromatic carbocycles. The van der Waals surface area contributed by atoms with Gasteiger partial charge in [0, 0.05) is 26.2 Å². The van der Waals surface area contributed by atoms with E-state index in [9.17, 15) is 13.2 Å². The molecule has 1 fully saturated rings. The van der Waals surface area contributed by atoms with Gasteiger partial charge in [-0.3, -0.25) is 0 Å². The van der Waals surface area contributed by atoms with E-state index < -0.39 is 11.9 Å². The lowest BCUT2D eigenvalue weighted by atomic mass is 10.0. The summed E-state index contributed by atoms with van der Waals surface area (Å²) in [7, 11) is 1.80. The van der Waals surface area contributed by atoms with Crippen LogP contribution in [0.4, 0.5) is 24.5 Å². The lowest BCUT2D eigenvalue weighted by Crippen LogP contribution is -2.43. The first-order valence-electron chi connectivity index (χ1n) is 7.10. The molecule has 2 heterocycles. The summed E-state index contributed by atoms with van der Waals surface area (Å²) in [6.07, 6.45) is -1.51. The van der Waals surface area contributed by atoms with Crippen molar-refractivity contribution in [3.8, 4) is 0 Å². The number of anilines is 2. The van der Waals surface area contributed by atoms with Gasteiger partial charge >= 0.3 is 6.18 Å². The van der Waals surface area contributed by atoms with Gasteiger partial charge in [0.2, 0.25) is 0 Å². The molecule has 2 N–H and O–H groups in total. The third kappa shape index (κ3) is 3.58. The number of likely N-dealkylation sites (tertiary alicyclic amines) is 1. The summed E-state index contributed by atoms with van der Waals surface area (Å²) in [5, 5.41) is 0. The number of alkyl halides is 3. The number of nitrogens with zero attached hydrogens (tertiary/aromatic N) is 3. The average molecular weight is 302 g/mol. The van der Waals surface area contributed by atoms with Crippen LogP contribution in [-0.2, 0) is 6.18 Å². The predicted octanol–water partition coefficient (Wildman–Crippen LogP) is 2.60. The number of aromatic nitrogens is 1. The molecule has 4 nitrogen and oxygen atoms in total. The molecule has 1 aliphatic rings. The molecule has 0 radical (unpaired) electrons. The fourth-order valence-electron chi connectivity index (χ4n) is 2.74. The molecule has 0 saturated carbocycles. The van der Waals surface area contributed by atoms with Crippen LogP contribution in [-0.4, -0.2) is 42.6 Å². The van der Waals surface area contributed by atoms with E-state index in [2.05, 4.69) is 16.8 Å². The first-order chi connectivity index (χ1) is 9.82. The molecule has 0 spiro atoms. The van der Waals surface area contributed by atoms with Gasteiger partial charge in [-0.1, -0.05) is 6.92 Å². The summed E-state index contributed by atoms with van der Waals surface area (Å²) >= 11 is 0. The molecule has 1 aromatic heterocycles. The SMILES string of the molecule is CCN1CCC(N(C)c2cc(C(F)(F)F)ncc2N)CC1. The molecule has 1 saturated heterocycles. The molecule has 0 aliphatic carbocycles. The Bertz CT molecular complexity index is 482. The van der Waals surface area contributed by atoms with E-state index in [0.29, 0.717) is 5.69 Å². The predicted molar refractivity (Wildman–Crippen MR) is 77.2 cm³/mol. The Hall–Kier alpha value is -1.50. The highest BCUT2D eigenvalue weighted by Crippen LogP contribution is 2.33. The smallest absolute Gasteiger partial charge is 0.396 e. The minimum Gasteiger partial charge on any atom is -0.396 e. The van der Waals surface area contributed by atoms with Gasteiger partial charge in [-0.05, 0) is 25.5 Å². The first-order valence-corrected chi connectivity index (χ1v) is 7.10. The van der Waals surface area contributed by atoms with E-state index in [-0.39, 0.29) is 11.7 Å². The summed E-state index contributed by atoms with van der Waals surface area (Å²) in [5.41, 5.74) is 5.60. The highest BCUT2D eigenvalue weighted by atomic mass is 19.4. The minimum atomic E-state index is -4.45. The number of piperidine rings is 1. The maximum Gasteiger partial charge on any atom is 0.433 e. The second-order valence-corrected chi connectivity index (χ2v) is 5.40. The van der Waals surface area contributed by atoms with Gasteiger partial charge in [-0.2, -0.15) is 13.2 Å². The fourth-order valence-corrected chi connectivity index (χ4v) is 2.74. The Morgan fingerprint density at radius 2 is 2.00 bits per heavy atom. The van der Waals surface area contributed by atoms with Crippen molar-refractivity contribution >= 4 is 11.4 Å². The molecule has 118 valence electrons. The molecule has 21 heavy (non-hydrogen) atoms. The molecular weight excluding hydrogens is 281 g/mol. The second-order valence-electron chi connectivity index (χ2n) is 5.40. The Kier molecular flexibility index (Phi) is 4.61. The van der Waals surface area contributed by atoms with Crippen molar-refractivity contribution < 1.29 is 13.2 Å². The van der Waals surface area contributed by atoms with Crippen molar-refractivity contribution in [2.75, 3.05) is 37.3 Å². The number of nitrogen functional groups attached to an aromatic ring is 1. The van der Waals surface area contributed by atoms with Crippen LogP contribution >= 0.6 is 0 Å². The molecule has 0 bridgehead atoms. The molecule has 0 unspecified atom stereocenters. The average Bonchev–Trinajstić information content (AvgIpc) is 2.46. The van der Waals surface area contributed by atoms with Gasteiger partial charge in [0.05, 0.1) is 17.6 Å². The van der Waals surface area contributed by atoms with Crippen LogP contribution in [0.2, 0.25) is 0 Å². The van der Waals surface area contributed by atoms with Crippen LogP contribution in [0.1, 0.15) is 25.5 Å². The highest BCUT2D eigenvalue weighted by molar-refractivity contribution is 5.67. The second kappa shape index (κ2) is 6.09. The Morgan fingerprint density at radius 1 is 1.38 bits per heavy atom. The number of halogens is 3. The topological polar surface area (TPSA) is 45.4 Å². The third-order valence-corrected chi connectivity index (χ3v) is 4.13. The van der Waals surface area contributed by atoms with Gasteiger partial charge in [0.15, 0.2) is 0 Å². The number of rotatable bonds is 3. The molecular formula is C14H21F3N4. The van der Waals surface area contributed by atoms with Crippen molar-refractivity contribution in [3.63, 3.8) is 0 Å². The normalized spacial score (nSPS) is 18.0. The monoisotopic (exact) mass is 302 g/mol. The van der Waals surface area contributed by atoms with Crippen LogP contribution in [0.25, 0.3) is 0 Å². The summed E-state index contributed by atoms with van der Waals surface area (Å²) in [6, 6.07) is 1.25. The summed E-state index contributed by atoms with van der Waals surface area (Å²) in [6.45, 7) is 5.04. The molecule has 0 atom stereocenters. The standard InChI is InChI=1S/C14H21F3N4/c1-3-21-6-4-10(5-7-21)20(2)12-8-13(14(15,16)17)19-9-11(12)18/h8-10H,3-7,18H2,1-2H3. The van der Waals surface area contributed by atoms with Crippen LogP contribution in [0.3, 0.4) is 0 Å². The zero-order chi connectivity index (χ0) is 15.6. The van der Waals surface area contributed by atoms with Crippen molar-refractivity contribution in [1.82, 2.24) is 9.88 Å². The Morgan fingerprint density at radius 3 is 2.52 bits per heavy atom. The first kappa shape index (κ1) is 15.9. The largest absolute Gasteiger partial charge is 0.433 e. The molecule has 1 aromatic rings. The number of hydrogen-bond donors (Lipinski definition) is 1. The minimum absolute atomic E-state index is 0.207. The molecule has 1 aliphatic heterocycles. The van der Waals surface area contributed by atoms with Crippen LogP contribution in [0.15, 0.2) is 12.3 Å². The molecule has 2 rings (SSSR count). The van der Waals surface area contributed by atoms with E-state index in [0.717, 1.165) is 44.7 Å². The van der Waals surface area contributed by atoms with Gasteiger partial charge in [-0.25, -0.2) is 4.98 Å². The van der Waals surface area contributed by atoms with E-state index >= 15 is 0 Å². The third-order valence-electron chi connectivity index (χ3n) is 4.13. The van der Waals surface area contributed by atoms with Gasteiger partial charge in [-0.15, -0.1) is 0 Å². The van der Waals surface area contributed by atoms with Crippen LogP contribution in [0.5, 0.6) is 0 Å². The Balaban J connectivity index is 2.17. The van der Waals surface area contributed by atoms with E-state index in [1.54, 1.807) is 7.05 Å². The number of nitrogens with two attached hydrogens (primary N) is 1. The van der Waals surface area contributed by atoms with Crippen molar-refractivity contribution in [2.24, 2.45) is 0 Å². The number of hydrogen-bond acceptors (Lipinski definition) is 4. The lowest BCUT2D eigenvalue weighted by Gasteiger charge is -2.37. The zero-order valence-corrected chi connectivity index (χ0v) is 12.3. The highest BCUT2D eigenvalue weighted by Gasteiger charge is 2.34. The maximum absolute atomic E-state index is 12.8. The van der Waals surface area contributed by atoms with Crippen LogP contribution < -0.4 is 10.6 Å². The van der Waals surface area contributed by atoms with Crippen LogP contribution in [0, 0.1) is 0 Å². The van der Waals surface area contributed by atoms with E-state index in [1.807, 2.05) is 4.90 Å². The van der Waals surface area contributed by atoms with Crippen molar-refractivity contribution in [3.05, 3.63) is 18.0 Å². The fraction of sp³-hybridized carbons (Fsp3) is 0.643. The Labute approximate surface area is 122 Å². The van der Waals surface area contributed by atoms with Gasteiger partial charge < -0.3 is 15.5 Å². The van der Waals surface area contributed by atoms with E-state index in [1.165, 1.54) is 0 Å². The number of pyridine rings is 1. The summed E-state index contributed by atoms with van der Waals surface area (Å²) < 4.78 is 38.3. The van der Waals surface area contributed by atoms with Gasteiger partial charge in [0.25, 0.3) is 0 Å². The van der Waals surface area contributed by atoms with E-state index in [4.69, 9.17) is 5.73 Å². The lowest BCUT2D eigenvalue weighted by molar-refractivity contribution is -0.141. The zero-order valence-electron chi connectivity index (χ0n) is 12.3. The molecule has 7 heteroatoms. The van der Waals surface area contributed by atoms with Gasteiger partial charge in [0.1, 0.15) is 5.69 Å².